The summed E-state index contributed by atoms with van der Waals surface area (Å²) in [5.41, 5.74) is 2.82. The SMILES string of the molecule is O=C(Nc1ccc(NC(=O)C2CC2)cc1)c1ccccc1OCc1ccccc1Br. The summed E-state index contributed by atoms with van der Waals surface area (Å²) in [4.78, 5) is 24.7. The molecule has 1 fully saturated rings. The minimum atomic E-state index is -0.257. The molecule has 0 atom stereocenters. The van der Waals surface area contributed by atoms with Crippen molar-refractivity contribution in [3.05, 3.63) is 88.4 Å². The van der Waals surface area contributed by atoms with Gasteiger partial charge in [0.2, 0.25) is 5.91 Å². The van der Waals surface area contributed by atoms with Crippen LogP contribution in [-0.4, -0.2) is 11.8 Å². The van der Waals surface area contributed by atoms with Crippen LogP contribution in [0.2, 0.25) is 0 Å². The molecule has 0 spiro atoms. The third kappa shape index (κ3) is 5.07. The Morgan fingerprint density at radius 1 is 0.867 bits per heavy atom. The van der Waals surface area contributed by atoms with Crippen LogP contribution < -0.4 is 15.4 Å². The zero-order valence-corrected chi connectivity index (χ0v) is 17.8. The van der Waals surface area contributed by atoms with Crippen LogP contribution >= 0.6 is 15.9 Å². The quantitative estimate of drug-likeness (QED) is 0.476. The summed E-state index contributed by atoms with van der Waals surface area (Å²) in [6, 6.07) is 22.1. The first kappa shape index (κ1) is 20.2. The van der Waals surface area contributed by atoms with E-state index in [1.165, 1.54) is 0 Å². The molecule has 1 saturated carbocycles. The third-order valence-electron chi connectivity index (χ3n) is 4.83. The lowest BCUT2D eigenvalue weighted by atomic mass is 10.1. The lowest BCUT2D eigenvalue weighted by molar-refractivity contribution is -0.117. The number of anilines is 2. The lowest BCUT2D eigenvalue weighted by Crippen LogP contribution is -2.15. The van der Waals surface area contributed by atoms with Crippen molar-refractivity contribution in [2.75, 3.05) is 10.6 Å². The first-order chi connectivity index (χ1) is 14.6. The molecule has 0 radical (unpaired) electrons. The van der Waals surface area contributed by atoms with Gasteiger partial charge < -0.3 is 15.4 Å². The van der Waals surface area contributed by atoms with E-state index in [1.54, 1.807) is 42.5 Å². The molecule has 0 aliphatic heterocycles. The van der Waals surface area contributed by atoms with Gasteiger partial charge in [0.15, 0.2) is 0 Å². The van der Waals surface area contributed by atoms with Gasteiger partial charge in [0.25, 0.3) is 5.91 Å². The van der Waals surface area contributed by atoms with Crippen LogP contribution in [0.1, 0.15) is 28.8 Å². The number of carbonyl (C=O) groups is 2. The molecular formula is C24H21BrN2O3. The van der Waals surface area contributed by atoms with Gasteiger partial charge in [-0.05, 0) is 55.3 Å². The fourth-order valence-corrected chi connectivity index (χ4v) is 3.38. The maximum Gasteiger partial charge on any atom is 0.259 e. The standard InChI is InChI=1S/C24H21BrN2O3/c25-21-7-3-1-5-17(21)15-30-22-8-4-2-6-20(22)24(29)27-19-13-11-18(12-14-19)26-23(28)16-9-10-16/h1-8,11-14,16H,9-10,15H2,(H,26,28)(H,27,29). The molecule has 1 aliphatic rings. The van der Waals surface area contributed by atoms with Gasteiger partial charge in [0, 0.05) is 27.3 Å². The zero-order chi connectivity index (χ0) is 20.9. The van der Waals surface area contributed by atoms with Gasteiger partial charge in [-0.2, -0.15) is 0 Å². The fraction of sp³-hybridized carbons (Fsp3) is 0.167. The summed E-state index contributed by atoms with van der Waals surface area (Å²) in [5.74, 6) is 0.465. The molecule has 3 aromatic carbocycles. The van der Waals surface area contributed by atoms with Crippen LogP contribution in [0.5, 0.6) is 5.75 Å². The maximum absolute atomic E-state index is 12.8. The molecule has 2 amide bonds. The van der Waals surface area contributed by atoms with Gasteiger partial charge in [-0.1, -0.05) is 46.3 Å². The molecule has 2 N–H and O–H groups in total. The Labute approximate surface area is 183 Å². The van der Waals surface area contributed by atoms with E-state index >= 15 is 0 Å². The van der Waals surface area contributed by atoms with E-state index in [9.17, 15) is 9.59 Å². The summed E-state index contributed by atoms with van der Waals surface area (Å²) in [6.45, 7) is 0.348. The monoisotopic (exact) mass is 464 g/mol. The van der Waals surface area contributed by atoms with Crippen LogP contribution in [0.15, 0.2) is 77.3 Å². The second-order valence-electron chi connectivity index (χ2n) is 7.17. The van der Waals surface area contributed by atoms with E-state index in [4.69, 9.17) is 4.74 Å². The number of carbonyl (C=O) groups excluding carboxylic acids is 2. The number of benzene rings is 3. The highest BCUT2D eigenvalue weighted by Gasteiger charge is 2.29. The van der Waals surface area contributed by atoms with Gasteiger partial charge in [0.05, 0.1) is 5.56 Å². The number of ether oxygens (including phenoxy) is 1. The molecule has 4 rings (SSSR count). The zero-order valence-electron chi connectivity index (χ0n) is 16.2. The summed E-state index contributed by atoms with van der Waals surface area (Å²) < 4.78 is 6.87. The van der Waals surface area contributed by atoms with Crippen molar-refractivity contribution >= 4 is 39.1 Å². The molecule has 3 aromatic rings. The van der Waals surface area contributed by atoms with Crippen molar-refractivity contribution in [3.8, 4) is 5.75 Å². The molecule has 0 heterocycles. The van der Waals surface area contributed by atoms with Crippen LogP contribution in [-0.2, 0) is 11.4 Å². The van der Waals surface area contributed by atoms with Gasteiger partial charge >= 0.3 is 0 Å². The number of nitrogens with one attached hydrogen (secondary N) is 2. The normalized spacial score (nSPS) is 12.8. The van der Waals surface area contributed by atoms with Crippen LogP contribution in [0.4, 0.5) is 11.4 Å². The van der Waals surface area contributed by atoms with Gasteiger partial charge in [-0.15, -0.1) is 0 Å². The topological polar surface area (TPSA) is 67.4 Å². The molecule has 1 aliphatic carbocycles. The smallest absolute Gasteiger partial charge is 0.259 e. The van der Waals surface area contributed by atoms with Crippen molar-refractivity contribution in [2.24, 2.45) is 5.92 Å². The predicted molar refractivity (Wildman–Crippen MR) is 121 cm³/mol. The Balaban J connectivity index is 1.40. The minimum absolute atomic E-state index is 0.0583. The summed E-state index contributed by atoms with van der Waals surface area (Å²) in [7, 11) is 0. The molecule has 6 heteroatoms. The maximum atomic E-state index is 12.8. The Bertz CT molecular complexity index is 1060. The predicted octanol–water partition coefficient (Wildman–Crippen LogP) is 5.63. The molecular weight excluding hydrogens is 444 g/mol. The highest BCUT2D eigenvalue weighted by Crippen LogP contribution is 2.30. The number of hydrogen-bond donors (Lipinski definition) is 2. The average Bonchev–Trinajstić information content (AvgIpc) is 3.60. The van der Waals surface area contributed by atoms with E-state index in [-0.39, 0.29) is 17.7 Å². The number of rotatable bonds is 7. The van der Waals surface area contributed by atoms with Crippen LogP contribution in [0.25, 0.3) is 0 Å². The van der Waals surface area contributed by atoms with Gasteiger partial charge in [0.1, 0.15) is 12.4 Å². The summed E-state index contributed by atoms with van der Waals surface area (Å²) in [5, 5.41) is 5.77. The van der Waals surface area contributed by atoms with E-state index in [2.05, 4.69) is 26.6 Å². The molecule has 0 unspecified atom stereocenters. The average molecular weight is 465 g/mol. The summed E-state index contributed by atoms with van der Waals surface area (Å²) in [6.07, 6.45) is 1.92. The Morgan fingerprint density at radius 2 is 1.50 bits per heavy atom. The van der Waals surface area contributed by atoms with Crippen molar-refractivity contribution < 1.29 is 14.3 Å². The minimum Gasteiger partial charge on any atom is -0.488 e. The van der Waals surface area contributed by atoms with Gasteiger partial charge in [-0.25, -0.2) is 0 Å². The molecule has 152 valence electrons. The van der Waals surface area contributed by atoms with E-state index in [1.807, 2.05) is 30.3 Å². The number of halogens is 1. The Kier molecular flexibility index (Phi) is 6.14. The number of amides is 2. The van der Waals surface area contributed by atoms with E-state index in [0.29, 0.717) is 23.6 Å². The van der Waals surface area contributed by atoms with Crippen LogP contribution in [0, 0.1) is 5.92 Å². The van der Waals surface area contributed by atoms with E-state index < -0.39 is 0 Å². The van der Waals surface area contributed by atoms with Crippen molar-refractivity contribution in [1.82, 2.24) is 0 Å². The van der Waals surface area contributed by atoms with Crippen molar-refractivity contribution in [2.45, 2.75) is 19.4 Å². The van der Waals surface area contributed by atoms with Gasteiger partial charge in [-0.3, -0.25) is 9.59 Å². The third-order valence-corrected chi connectivity index (χ3v) is 5.60. The number of hydrogen-bond acceptors (Lipinski definition) is 3. The fourth-order valence-electron chi connectivity index (χ4n) is 2.98. The second-order valence-corrected chi connectivity index (χ2v) is 8.03. The molecule has 5 nitrogen and oxygen atoms in total. The molecule has 30 heavy (non-hydrogen) atoms. The van der Waals surface area contributed by atoms with E-state index in [0.717, 1.165) is 28.6 Å². The van der Waals surface area contributed by atoms with Crippen LogP contribution in [0.3, 0.4) is 0 Å². The first-order valence-electron chi connectivity index (χ1n) is 9.77. The van der Waals surface area contributed by atoms with Crippen molar-refractivity contribution in [3.63, 3.8) is 0 Å². The Morgan fingerprint density at radius 3 is 2.20 bits per heavy atom. The lowest BCUT2D eigenvalue weighted by Gasteiger charge is -2.13. The summed E-state index contributed by atoms with van der Waals surface area (Å²) >= 11 is 3.51. The molecule has 0 aromatic heterocycles. The van der Waals surface area contributed by atoms with Crippen molar-refractivity contribution in [1.29, 1.82) is 0 Å². The second kappa shape index (κ2) is 9.13. The highest BCUT2D eigenvalue weighted by molar-refractivity contribution is 9.10. The molecule has 0 saturated heterocycles. The number of para-hydroxylation sites is 1. The first-order valence-corrected chi connectivity index (χ1v) is 10.6. The molecule has 0 bridgehead atoms. The highest BCUT2D eigenvalue weighted by atomic mass is 79.9. The Hall–Kier alpha value is -3.12. The largest absolute Gasteiger partial charge is 0.488 e.